The highest BCUT2D eigenvalue weighted by molar-refractivity contribution is 9.10. The van der Waals surface area contributed by atoms with Crippen LogP contribution in [0, 0.1) is 6.92 Å². The smallest absolute Gasteiger partial charge is 0.317 e. The van der Waals surface area contributed by atoms with Crippen LogP contribution in [0.25, 0.3) is 0 Å². The van der Waals surface area contributed by atoms with Gasteiger partial charge in [-0.1, -0.05) is 33.6 Å². The van der Waals surface area contributed by atoms with Crippen LogP contribution in [-0.4, -0.2) is 15.9 Å². The minimum absolute atomic E-state index is 0.446. The summed E-state index contributed by atoms with van der Waals surface area (Å²) in [5.41, 5.74) is 2.02. The Morgan fingerprint density at radius 2 is 2.29 bits per heavy atom. The number of halogens is 2. The van der Waals surface area contributed by atoms with Gasteiger partial charge in [0.15, 0.2) is 0 Å². The van der Waals surface area contributed by atoms with Crippen molar-refractivity contribution >= 4 is 33.5 Å². The zero-order valence-corrected chi connectivity index (χ0v) is 9.97. The minimum Gasteiger partial charge on any atom is -0.480 e. The number of carboxylic acids is 1. The van der Waals surface area contributed by atoms with E-state index >= 15 is 0 Å². The maximum absolute atomic E-state index is 10.6. The van der Waals surface area contributed by atoms with E-state index in [0.29, 0.717) is 11.4 Å². The summed E-state index contributed by atoms with van der Waals surface area (Å²) in [7, 11) is 0. The molecule has 76 valence electrons. The molecule has 0 saturated heterocycles. The first-order valence-electron chi connectivity index (χ1n) is 4.12. The van der Waals surface area contributed by atoms with Gasteiger partial charge in [0.2, 0.25) is 0 Å². The summed E-state index contributed by atoms with van der Waals surface area (Å²) in [4.78, 5) is 10.1. The number of hydrogen-bond acceptors (Lipinski definition) is 1. The number of benzene rings is 1. The van der Waals surface area contributed by atoms with Crippen molar-refractivity contribution in [1.82, 2.24) is 0 Å². The number of rotatable bonds is 3. The van der Waals surface area contributed by atoms with Crippen molar-refractivity contribution < 1.29 is 9.90 Å². The van der Waals surface area contributed by atoms with E-state index in [-0.39, 0.29) is 0 Å². The molecule has 1 aromatic carbocycles. The molecule has 0 heterocycles. The van der Waals surface area contributed by atoms with Gasteiger partial charge in [-0.2, -0.15) is 0 Å². The fourth-order valence-electron chi connectivity index (χ4n) is 1.14. The number of aryl methyl sites for hydroxylation is 1. The summed E-state index contributed by atoms with van der Waals surface area (Å²) in [5, 5.41) is 9.36. The zero-order valence-electron chi connectivity index (χ0n) is 7.63. The van der Waals surface area contributed by atoms with Gasteiger partial charge >= 0.3 is 5.97 Å². The summed E-state index contributed by atoms with van der Waals surface area (Å²) < 4.78 is 0. The van der Waals surface area contributed by atoms with Crippen molar-refractivity contribution in [2.75, 3.05) is 0 Å². The third-order valence-electron chi connectivity index (χ3n) is 1.98. The maximum Gasteiger partial charge on any atom is 0.317 e. The molecule has 1 rings (SSSR count). The molecule has 0 spiro atoms. The second-order valence-electron chi connectivity index (χ2n) is 3.08. The first kappa shape index (κ1) is 11.5. The molecule has 14 heavy (non-hydrogen) atoms. The van der Waals surface area contributed by atoms with Crippen LogP contribution < -0.4 is 0 Å². The van der Waals surface area contributed by atoms with Gasteiger partial charge in [-0.15, -0.1) is 0 Å². The number of aliphatic carboxylic acids is 1. The molecule has 0 bridgehead atoms. The SMILES string of the molecule is Cc1ccc(Cl)cc1C[C@@H](Br)C(=O)O. The van der Waals surface area contributed by atoms with Crippen LogP contribution in [0.1, 0.15) is 11.1 Å². The molecule has 0 aliphatic heterocycles. The third-order valence-corrected chi connectivity index (χ3v) is 2.93. The molecular weight excluding hydrogens is 267 g/mol. The van der Waals surface area contributed by atoms with Crippen molar-refractivity contribution in [1.29, 1.82) is 0 Å². The van der Waals surface area contributed by atoms with E-state index in [1.165, 1.54) is 0 Å². The molecule has 0 radical (unpaired) electrons. The van der Waals surface area contributed by atoms with E-state index in [4.69, 9.17) is 16.7 Å². The van der Waals surface area contributed by atoms with E-state index < -0.39 is 10.8 Å². The molecule has 0 aromatic heterocycles. The molecule has 2 nitrogen and oxygen atoms in total. The number of alkyl halides is 1. The van der Waals surface area contributed by atoms with Gasteiger partial charge in [0.25, 0.3) is 0 Å². The lowest BCUT2D eigenvalue weighted by molar-refractivity contribution is -0.136. The van der Waals surface area contributed by atoms with E-state index in [1.807, 2.05) is 13.0 Å². The van der Waals surface area contributed by atoms with Crippen LogP contribution in [-0.2, 0) is 11.2 Å². The van der Waals surface area contributed by atoms with Crippen molar-refractivity contribution in [2.24, 2.45) is 0 Å². The van der Waals surface area contributed by atoms with Crippen LogP contribution in [0.2, 0.25) is 5.02 Å². The average molecular weight is 278 g/mol. The van der Waals surface area contributed by atoms with Gasteiger partial charge in [-0.3, -0.25) is 4.79 Å². The predicted octanol–water partition coefficient (Wildman–Crippen LogP) is 3.04. The van der Waals surface area contributed by atoms with E-state index in [2.05, 4.69) is 15.9 Å². The Hall–Kier alpha value is -0.540. The Bertz CT molecular complexity index is 352. The van der Waals surface area contributed by atoms with Crippen LogP contribution in [0.15, 0.2) is 18.2 Å². The van der Waals surface area contributed by atoms with Gasteiger partial charge < -0.3 is 5.11 Å². The van der Waals surface area contributed by atoms with Crippen LogP contribution in [0.5, 0.6) is 0 Å². The highest BCUT2D eigenvalue weighted by Crippen LogP contribution is 2.19. The Labute approximate surface area is 96.0 Å². The summed E-state index contributed by atoms with van der Waals surface area (Å²) in [6.45, 7) is 1.94. The van der Waals surface area contributed by atoms with Crippen molar-refractivity contribution in [3.05, 3.63) is 34.3 Å². The number of carbonyl (C=O) groups is 1. The van der Waals surface area contributed by atoms with Gasteiger partial charge in [0.05, 0.1) is 0 Å². The molecule has 4 heteroatoms. The summed E-state index contributed by atoms with van der Waals surface area (Å²) in [6, 6.07) is 5.48. The normalized spacial score (nSPS) is 12.5. The molecule has 1 atom stereocenters. The van der Waals surface area contributed by atoms with Crippen molar-refractivity contribution in [3.63, 3.8) is 0 Å². The lowest BCUT2D eigenvalue weighted by Gasteiger charge is -2.08. The summed E-state index contributed by atoms with van der Waals surface area (Å²) in [5.74, 6) is -0.857. The van der Waals surface area contributed by atoms with Crippen LogP contribution in [0.3, 0.4) is 0 Å². The van der Waals surface area contributed by atoms with Crippen molar-refractivity contribution in [3.8, 4) is 0 Å². The Kier molecular flexibility index (Phi) is 3.96. The predicted molar refractivity (Wildman–Crippen MR) is 60.2 cm³/mol. The lowest BCUT2D eigenvalue weighted by atomic mass is 10.0. The topological polar surface area (TPSA) is 37.3 Å². The molecule has 0 aliphatic rings. The zero-order chi connectivity index (χ0) is 10.7. The van der Waals surface area contributed by atoms with E-state index in [1.54, 1.807) is 12.1 Å². The molecule has 0 saturated carbocycles. The van der Waals surface area contributed by atoms with Gasteiger partial charge in [0.1, 0.15) is 4.83 Å². The molecular formula is C10H10BrClO2. The molecule has 0 unspecified atom stereocenters. The Balaban J connectivity index is 2.85. The fourth-order valence-corrected chi connectivity index (χ4v) is 1.68. The fraction of sp³-hybridized carbons (Fsp3) is 0.300. The highest BCUT2D eigenvalue weighted by atomic mass is 79.9. The number of hydrogen-bond donors (Lipinski definition) is 1. The minimum atomic E-state index is -0.857. The second-order valence-corrected chi connectivity index (χ2v) is 4.62. The maximum atomic E-state index is 10.6. The third kappa shape index (κ3) is 3.00. The van der Waals surface area contributed by atoms with E-state index in [9.17, 15) is 4.79 Å². The van der Waals surface area contributed by atoms with Gasteiger partial charge in [-0.25, -0.2) is 0 Å². The molecule has 0 aliphatic carbocycles. The van der Waals surface area contributed by atoms with Crippen LogP contribution >= 0.6 is 27.5 Å². The van der Waals surface area contributed by atoms with Crippen LogP contribution in [0.4, 0.5) is 0 Å². The molecule has 1 aromatic rings. The quantitative estimate of drug-likeness (QED) is 0.862. The molecule has 1 N–H and O–H groups in total. The van der Waals surface area contributed by atoms with Gasteiger partial charge in [0, 0.05) is 5.02 Å². The standard InChI is InChI=1S/C10H10BrClO2/c1-6-2-3-8(12)4-7(6)5-9(11)10(13)14/h2-4,9H,5H2,1H3,(H,13,14)/t9-/m1/s1. The summed E-state index contributed by atoms with van der Waals surface area (Å²) in [6.07, 6.45) is 0.446. The largest absolute Gasteiger partial charge is 0.480 e. The number of carboxylic acid groups (broad SMARTS) is 1. The van der Waals surface area contributed by atoms with E-state index in [0.717, 1.165) is 11.1 Å². The monoisotopic (exact) mass is 276 g/mol. The van der Waals surface area contributed by atoms with Gasteiger partial charge in [-0.05, 0) is 36.6 Å². The lowest BCUT2D eigenvalue weighted by Crippen LogP contribution is -2.15. The Morgan fingerprint density at radius 1 is 1.64 bits per heavy atom. The van der Waals surface area contributed by atoms with Crippen molar-refractivity contribution in [2.45, 2.75) is 18.2 Å². The average Bonchev–Trinajstić information content (AvgIpc) is 2.11. The Morgan fingerprint density at radius 3 is 2.86 bits per heavy atom. The molecule has 0 fully saturated rings. The highest BCUT2D eigenvalue weighted by Gasteiger charge is 2.14. The first-order chi connectivity index (χ1) is 6.50. The summed E-state index contributed by atoms with van der Waals surface area (Å²) >= 11 is 8.91. The first-order valence-corrected chi connectivity index (χ1v) is 5.42. The second kappa shape index (κ2) is 4.80. The molecule has 0 amide bonds.